The Labute approximate surface area is 174 Å². The molecule has 0 radical (unpaired) electrons. The summed E-state index contributed by atoms with van der Waals surface area (Å²) in [7, 11) is 0. The van der Waals surface area contributed by atoms with Crippen LogP contribution >= 0.6 is 23.2 Å². The van der Waals surface area contributed by atoms with E-state index in [4.69, 9.17) is 32.7 Å². The molecule has 1 aliphatic heterocycles. The zero-order valence-corrected chi connectivity index (χ0v) is 17.2. The summed E-state index contributed by atoms with van der Waals surface area (Å²) >= 11 is 11.5. The number of benzene rings is 2. The number of halogens is 2. The summed E-state index contributed by atoms with van der Waals surface area (Å²) in [5, 5.41) is 0.801. The molecule has 28 heavy (non-hydrogen) atoms. The average Bonchev–Trinajstić information content (AvgIpc) is 3.02. The summed E-state index contributed by atoms with van der Waals surface area (Å²) in [6.07, 6.45) is -0.685. The van der Waals surface area contributed by atoms with Crippen molar-refractivity contribution in [3.63, 3.8) is 0 Å². The highest BCUT2D eigenvalue weighted by atomic mass is 35.5. The molecule has 5 nitrogen and oxygen atoms in total. The van der Waals surface area contributed by atoms with Gasteiger partial charge in [-0.05, 0) is 38.1 Å². The lowest BCUT2D eigenvalue weighted by Gasteiger charge is -2.17. The molecule has 0 saturated carbocycles. The zero-order chi connectivity index (χ0) is 20.5. The SMILES string of the molecule is Cc1ccc(C(=O)OC2CC(Cl)OC2COC=O)cc1.Cc1ccc(Cl)cc1. The second-order valence-electron chi connectivity index (χ2n) is 6.36. The number of ether oxygens (including phenoxy) is 3. The Morgan fingerprint density at radius 1 is 1.11 bits per heavy atom. The van der Waals surface area contributed by atoms with Crippen molar-refractivity contribution < 1.29 is 23.8 Å². The number of carbonyl (C=O) groups excluding carboxylic acids is 2. The number of aryl methyl sites for hydroxylation is 2. The summed E-state index contributed by atoms with van der Waals surface area (Å²) in [6.45, 7) is 4.31. The lowest BCUT2D eigenvalue weighted by Crippen LogP contribution is -2.31. The molecule has 3 atom stereocenters. The van der Waals surface area contributed by atoms with Crippen molar-refractivity contribution in [3.8, 4) is 0 Å². The number of carbonyl (C=O) groups is 2. The predicted octanol–water partition coefficient (Wildman–Crippen LogP) is 4.70. The normalized spacial score (nSPS) is 20.6. The van der Waals surface area contributed by atoms with Crippen LogP contribution < -0.4 is 0 Å². The molecule has 3 rings (SSSR count). The van der Waals surface area contributed by atoms with Crippen LogP contribution in [-0.4, -0.2) is 36.8 Å². The predicted molar refractivity (Wildman–Crippen MR) is 108 cm³/mol. The van der Waals surface area contributed by atoms with Crippen molar-refractivity contribution in [1.29, 1.82) is 0 Å². The topological polar surface area (TPSA) is 61.8 Å². The molecule has 0 aromatic heterocycles. The second-order valence-corrected chi connectivity index (χ2v) is 7.28. The van der Waals surface area contributed by atoms with E-state index in [2.05, 4.69) is 4.74 Å². The minimum atomic E-state index is -0.550. The Bertz CT molecular complexity index is 740. The van der Waals surface area contributed by atoms with Crippen molar-refractivity contribution in [3.05, 3.63) is 70.2 Å². The molecule has 1 aliphatic rings. The molecule has 1 saturated heterocycles. The summed E-state index contributed by atoms with van der Waals surface area (Å²) in [5.41, 5.74) is 2.22. The second kappa shape index (κ2) is 11.1. The largest absolute Gasteiger partial charge is 0.465 e. The van der Waals surface area contributed by atoms with Crippen LogP contribution in [0.2, 0.25) is 5.02 Å². The molecule has 150 valence electrons. The molecule has 0 bridgehead atoms. The van der Waals surface area contributed by atoms with Gasteiger partial charge in [0.1, 0.15) is 24.4 Å². The number of esters is 1. The van der Waals surface area contributed by atoms with Crippen molar-refractivity contribution in [2.45, 2.75) is 38.0 Å². The first-order valence-corrected chi connectivity index (χ1v) is 9.55. The van der Waals surface area contributed by atoms with Gasteiger partial charge in [0.2, 0.25) is 0 Å². The lowest BCUT2D eigenvalue weighted by molar-refractivity contribution is -0.133. The molecule has 0 spiro atoms. The smallest absolute Gasteiger partial charge is 0.338 e. The fourth-order valence-corrected chi connectivity index (χ4v) is 2.93. The summed E-state index contributed by atoms with van der Waals surface area (Å²) in [4.78, 5) is 22.2. The minimum Gasteiger partial charge on any atom is -0.465 e. The van der Waals surface area contributed by atoms with Crippen LogP contribution in [0.4, 0.5) is 0 Å². The fourth-order valence-electron chi connectivity index (χ4n) is 2.50. The van der Waals surface area contributed by atoms with E-state index in [0.717, 1.165) is 10.6 Å². The molecule has 3 unspecified atom stereocenters. The maximum atomic E-state index is 12.0. The Balaban J connectivity index is 0.000000292. The summed E-state index contributed by atoms with van der Waals surface area (Å²) < 4.78 is 15.4. The van der Waals surface area contributed by atoms with Crippen molar-refractivity contribution in [2.24, 2.45) is 0 Å². The van der Waals surface area contributed by atoms with Crippen molar-refractivity contribution >= 4 is 35.6 Å². The van der Waals surface area contributed by atoms with Gasteiger partial charge in [-0.2, -0.15) is 0 Å². The van der Waals surface area contributed by atoms with E-state index in [-0.39, 0.29) is 6.61 Å². The van der Waals surface area contributed by atoms with Crippen LogP contribution in [0, 0.1) is 13.8 Å². The average molecular weight is 425 g/mol. The first kappa shape index (κ1) is 22.2. The van der Waals surface area contributed by atoms with Crippen molar-refractivity contribution in [2.75, 3.05) is 6.61 Å². The molecule has 0 amide bonds. The van der Waals surface area contributed by atoms with Gasteiger partial charge in [0.15, 0.2) is 0 Å². The molecule has 2 aromatic rings. The third-order valence-corrected chi connectivity index (χ3v) is 4.57. The Morgan fingerprint density at radius 3 is 2.21 bits per heavy atom. The van der Waals surface area contributed by atoms with Crippen LogP contribution in [0.15, 0.2) is 48.5 Å². The number of rotatable bonds is 5. The van der Waals surface area contributed by atoms with Gasteiger partial charge >= 0.3 is 5.97 Å². The zero-order valence-electron chi connectivity index (χ0n) is 15.6. The highest BCUT2D eigenvalue weighted by Gasteiger charge is 2.37. The van der Waals surface area contributed by atoms with Gasteiger partial charge in [-0.1, -0.05) is 58.6 Å². The number of hydrogen-bond acceptors (Lipinski definition) is 5. The maximum absolute atomic E-state index is 12.0. The van der Waals surface area contributed by atoms with Gasteiger partial charge in [0, 0.05) is 11.4 Å². The van der Waals surface area contributed by atoms with Crippen LogP contribution in [0.25, 0.3) is 0 Å². The van der Waals surface area contributed by atoms with E-state index < -0.39 is 23.7 Å². The van der Waals surface area contributed by atoms with Gasteiger partial charge in [0.05, 0.1) is 5.56 Å². The molecule has 2 aromatic carbocycles. The minimum absolute atomic E-state index is 0.0125. The van der Waals surface area contributed by atoms with E-state index in [1.807, 2.05) is 50.2 Å². The van der Waals surface area contributed by atoms with Crippen LogP contribution in [0.1, 0.15) is 27.9 Å². The Kier molecular flexibility index (Phi) is 8.77. The quantitative estimate of drug-likeness (QED) is 0.395. The molecule has 1 heterocycles. The maximum Gasteiger partial charge on any atom is 0.338 e. The Hall–Kier alpha value is -2.08. The third-order valence-electron chi connectivity index (χ3n) is 4.04. The van der Waals surface area contributed by atoms with E-state index >= 15 is 0 Å². The summed E-state index contributed by atoms with van der Waals surface area (Å²) in [5.74, 6) is -0.444. The van der Waals surface area contributed by atoms with Crippen LogP contribution in [0.5, 0.6) is 0 Å². The van der Waals surface area contributed by atoms with Gasteiger partial charge in [-0.15, -0.1) is 0 Å². The van der Waals surface area contributed by atoms with Gasteiger partial charge in [-0.25, -0.2) is 4.79 Å². The van der Waals surface area contributed by atoms with E-state index in [9.17, 15) is 9.59 Å². The number of alkyl halides is 1. The first-order chi connectivity index (χ1) is 13.4. The molecular formula is C21H22Cl2O5. The van der Waals surface area contributed by atoms with Crippen LogP contribution in [-0.2, 0) is 19.0 Å². The fraction of sp³-hybridized carbons (Fsp3) is 0.333. The monoisotopic (exact) mass is 424 g/mol. The summed E-state index contributed by atoms with van der Waals surface area (Å²) in [6, 6.07) is 14.8. The first-order valence-electron chi connectivity index (χ1n) is 8.73. The molecule has 0 N–H and O–H groups in total. The van der Waals surface area contributed by atoms with Gasteiger partial charge in [-0.3, -0.25) is 4.79 Å². The molecular weight excluding hydrogens is 403 g/mol. The van der Waals surface area contributed by atoms with Crippen LogP contribution in [0.3, 0.4) is 0 Å². The Morgan fingerprint density at radius 2 is 1.68 bits per heavy atom. The lowest BCUT2D eigenvalue weighted by atomic mass is 10.1. The third kappa shape index (κ3) is 7.15. The number of hydrogen-bond donors (Lipinski definition) is 0. The highest BCUT2D eigenvalue weighted by molar-refractivity contribution is 6.30. The highest BCUT2D eigenvalue weighted by Crippen LogP contribution is 2.26. The molecule has 7 heteroatoms. The van der Waals surface area contributed by atoms with Gasteiger partial charge < -0.3 is 14.2 Å². The molecule has 0 aliphatic carbocycles. The molecule has 1 fully saturated rings. The van der Waals surface area contributed by atoms with Gasteiger partial charge in [0.25, 0.3) is 6.47 Å². The van der Waals surface area contributed by atoms with Crippen molar-refractivity contribution in [1.82, 2.24) is 0 Å². The van der Waals surface area contributed by atoms with E-state index in [1.54, 1.807) is 12.1 Å². The standard InChI is InChI=1S/C14H15ClO5.C7H7Cl/c1-9-2-4-10(5-3-9)14(17)20-11-6-13(15)19-12(11)7-18-8-16;1-6-2-4-7(8)5-3-6/h2-5,8,11-13H,6-7H2,1H3;2-5H,1H3. The van der Waals surface area contributed by atoms with E-state index in [1.165, 1.54) is 5.56 Å². The van der Waals surface area contributed by atoms with E-state index in [0.29, 0.717) is 18.5 Å².